The van der Waals surface area contributed by atoms with E-state index in [4.69, 9.17) is 14.2 Å². The summed E-state index contributed by atoms with van der Waals surface area (Å²) in [7, 11) is 4.62. The van der Waals surface area contributed by atoms with Gasteiger partial charge in [0.05, 0.1) is 31.2 Å². The van der Waals surface area contributed by atoms with Gasteiger partial charge in [0.25, 0.3) is 11.7 Å². The highest BCUT2D eigenvalue weighted by Crippen LogP contribution is 2.28. The van der Waals surface area contributed by atoms with Gasteiger partial charge in [0.1, 0.15) is 11.5 Å². The number of carbonyl (C=O) groups is 3. The summed E-state index contributed by atoms with van der Waals surface area (Å²) in [6.45, 7) is 2.68. The number of carbonyl (C=O) groups excluding carboxylic acids is 3. The first-order valence-electron chi connectivity index (χ1n) is 8.02. The summed E-state index contributed by atoms with van der Waals surface area (Å²) in [4.78, 5) is 36.3. The number of aryl methyl sites for hydroxylation is 2. The van der Waals surface area contributed by atoms with E-state index in [-0.39, 0.29) is 5.56 Å². The number of esters is 1. The van der Waals surface area contributed by atoms with Crippen LogP contribution >= 0.6 is 0 Å². The number of rotatable bonds is 7. The number of hydrogen-bond acceptors (Lipinski definition) is 7. The second-order valence-corrected chi connectivity index (χ2v) is 5.69. The van der Waals surface area contributed by atoms with Gasteiger partial charge in [0.15, 0.2) is 6.61 Å². The molecule has 1 heterocycles. The van der Waals surface area contributed by atoms with E-state index in [0.717, 1.165) is 0 Å². The maximum absolute atomic E-state index is 12.2. The van der Waals surface area contributed by atoms with Crippen LogP contribution in [-0.2, 0) is 21.4 Å². The number of ketones is 1. The van der Waals surface area contributed by atoms with Gasteiger partial charge in [-0.05, 0) is 26.0 Å². The van der Waals surface area contributed by atoms with Crippen molar-refractivity contribution in [2.75, 3.05) is 26.1 Å². The molecule has 0 saturated heterocycles. The van der Waals surface area contributed by atoms with Crippen LogP contribution in [0, 0.1) is 13.8 Å². The lowest BCUT2D eigenvalue weighted by molar-refractivity contribution is -0.142. The van der Waals surface area contributed by atoms with Crippen LogP contribution in [0.1, 0.15) is 21.7 Å². The number of benzene rings is 1. The Bertz CT molecular complexity index is 887. The van der Waals surface area contributed by atoms with Crippen molar-refractivity contribution in [1.29, 1.82) is 0 Å². The lowest BCUT2D eigenvalue weighted by Gasteiger charge is -2.11. The van der Waals surface area contributed by atoms with Crippen LogP contribution in [0.2, 0.25) is 0 Å². The third kappa shape index (κ3) is 4.43. The zero-order valence-corrected chi connectivity index (χ0v) is 15.8. The second-order valence-electron chi connectivity index (χ2n) is 5.69. The smallest absolute Gasteiger partial charge is 0.380 e. The van der Waals surface area contributed by atoms with Gasteiger partial charge < -0.3 is 19.5 Å². The quantitative estimate of drug-likeness (QED) is 0.443. The molecule has 144 valence electrons. The molecule has 0 aliphatic rings. The molecule has 1 aromatic carbocycles. The van der Waals surface area contributed by atoms with Crippen LogP contribution in [0.15, 0.2) is 18.2 Å². The number of ether oxygens (including phenoxy) is 3. The molecule has 0 unspecified atom stereocenters. The summed E-state index contributed by atoms with van der Waals surface area (Å²) in [5.74, 6) is -1.63. The van der Waals surface area contributed by atoms with Crippen LogP contribution in [0.3, 0.4) is 0 Å². The molecule has 0 aliphatic carbocycles. The Morgan fingerprint density at radius 2 is 1.85 bits per heavy atom. The van der Waals surface area contributed by atoms with Crippen molar-refractivity contribution in [3.05, 3.63) is 35.2 Å². The molecule has 0 saturated carbocycles. The molecular formula is C18H21N3O6. The van der Waals surface area contributed by atoms with Gasteiger partial charge in [-0.15, -0.1) is 0 Å². The standard InChI is InChI=1S/C18H21N3O6/c1-10-16(11(2)21(3)20-10)17(23)18(24)27-9-15(22)19-13-7-6-12(25-4)8-14(13)26-5/h6-8H,9H2,1-5H3,(H,19,22). The second kappa shape index (κ2) is 8.35. The molecule has 0 spiro atoms. The average molecular weight is 375 g/mol. The van der Waals surface area contributed by atoms with E-state index in [1.165, 1.54) is 18.9 Å². The molecule has 0 radical (unpaired) electrons. The predicted molar refractivity (Wildman–Crippen MR) is 96.1 cm³/mol. The highest BCUT2D eigenvalue weighted by molar-refractivity contribution is 6.41. The molecule has 1 aromatic heterocycles. The summed E-state index contributed by atoms with van der Waals surface area (Å²) >= 11 is 0. The van der Waals surface area contributed by atoms with E-state index in [1.54, 1.807) is 39.1 Å². The van der Waals surface area contributed by atoms with Crippen molar-refractivity contribution < 1.29 is 28.6 Å². The van der Waals surface area contributed by atoms with Crippen molar-refractivity contribution in [1.82, 2.24) is 9.78 Å². The minimum atomic E-state index is -1.12. The molecule has 1 N–H and O–H groups in total. The largest absolute Gasteiger partial charge is 0.497 e. The summed E-state index contributed by atoms with van der Waals surface area (Å²) in [5, 5.41) is 6.63. The highest BCUT2D eigenvalue weighted by atomic mass is 16.5. The number of anilines is 1. The number of methoxy groups -OCH3 is 2. The van der Waals surface area contributed by atoms with E-state index in [1.807, 2.05) is 0 Å². The molecule has 0 bridgehead atoms. The van der Waals surface area contributed by atoms with Gasteiger partial charge in [-0.25, -0.2) is 4.79 Å². The average Bonchev–Trinajstić information content (AvgIpc) is 2.91. The Kier molecular flexibility index (Phi) is 6.17. The highest BCUT2D eigenvalue weighted by Gasteiger charge is 2.25. The lowest BCUT2D eigenvalue weighted by atomic mass is 10.1. The van der Waals surface area contributed by atoms with Gasteiger partial charge in [0.2, 0.25) is 0 Å². The molecule has 2 rings (SSSR count). The molecule has 27 heavy (non-hydrogen) atoms. The number of Topliss-reactive ketones (excluding diaryl/α,β-unsaturated/α-hetero) is 1. The first-order valence-corrected chi connectivity index (χ1v) is 8.02. The van der Waals surface area contributed by atoms with E-state index >= 15 is 0 Å². The fraction of sp³-hybridized carbons (Fsp3) is 0.333. The zero-order chi connectivity index (χ0) is 20.1. The first-order chi connectivity index (χ1) is 12.8. The third-order valence-electron chi connectivity index (χ3n) is 3.94. The van der Waals surface area contributed by atoms with Crippen molar-refractivity contribution in [2.24, 2.45) is 7.05 Å². The molecule has 1 amide bonds. The van der Waals surface area contributed by atoms with E-state index in [0.29, 0.717) is 28.6 Å². The summed E-state index contributed by atoms with van der Waals surface area (Å²) in [6, 6.07) is 4.83. The molecule has 0 atom stereocenters. The normalized spacial score (nSPS) is 10.3. The van der Waals surface area contributed by atoms with Crippen molar-refractivity contribution in [2.45, 2.75) is 13.8 Å². The van der Waals surface area contributed by atoms with Gasteiger partial charge in [-0.2, -0.15) is 5.10 Å². The number of nitrogens with one attached hydrogen (secondary N) is 1. The molecule has 9 nitrogen and oxygen atoms in total. The van der Waals surface area contributed by atoms with Crippen LogP contribution < -0.4 is 14.8 Å². The lowest BCUT2D eigenvalue weighted by Crippen LogP contribution is -2.25. The first kappa shape index (κ1) is 20.0. The summed E-state index contributed by atoms with van der Waals surface area (Å²) < 4.78 is 16.6. The van der Waals surface area contributed by atoms with E-state index in [2.05, 4.69) is 10.4 Å². The van der Waals surface area contributed by atoms with Crippen molar-refractivity contribution in [3.8, 4) is 11.5 Å². The fourth-order valence-electron chi connectivity index (χ4n) is 2.49. The van der Waals surface area contributed by atoms with Crippen LogP contribution in [-0.4, -0.2) is 48.3 Å². The number of hydrogen-bond donors (Lipinski definition) is 1. The molecule has 9 heteroatoms. The van der Waals surface area contributed by atoms with Crippen molar-refractivity contribution >= 4 is 23.3 Å². The van der Waals surface area contributed by atoms with Crippen LogP contribution in [0.5, 0.6) is 11.5 Å². The van der Waals surface area contributed by atoms with Gasteiger partial charge in [-0.3, -0.25) is 14.3 Å². The monoisotopic (exact) mass is 375 g/mol. The minimum absolute atomic E-state index is 0.180. The third-order valence-corrected chi connectivity index (χ3v) is 3.94. The molecule has 0 fully saturated rings. The molecule has 2 aromatic rings. The summed E-state index contributed by atoms with van der Waals surface area (Å²) in [5.41, 5.74) is 1.52. The van der Waals surface area contributed by atoms with E-state index < -0.39 is 24.3 Å². The topological polar surface area (TPSA) is 109 Å². The zero-order valence-electron chi connectivity index (χ0n) is 15.8. The van der Waals surface area contributed by atoms with Crippen molar-refractivity contribution in [3.63, 3.8) is 0 Å². The minimum Gasteiger partial charge on any atom is -0.497 e. The maximum atomic E-state index is 12.2. The summed E-state index contributed by atoms with van der Waals surface area (Å²) in [6.07, 6.45) is 0. The maximum Gasteiger partial charge on any atom is 0.380 e. The number of aromatic nitrogens is 2. The fourth-order valence-corrected chi connectivity index (χ4v) is 2.49. The van der Waals surface area contributed by atoms with Crippen LogP contribution in [0.4, 0.5) is 5.69 Å². The molecular weight excluding hydrogens is 354 g/mol. The van der Waals surface area contributed by atoms with Gasteiger partial charge in [-0.1, -0.05) is 0 Å². The van der Waals surface area contributed by atoms with Gasteiger partial charge in [0, 0.05) is 18.8 Å². The van der Waals surface area contributed by atoms with E-state index in [9.17, 15) is 14.4 Å². The Labute approximate surface area is 156 Å². The number of amides is 1. The predicted octanol–water partition coefficient (Wildman–Crippen LogP) is 1.42. The Morgan fingerprint density at radius 3 is 2.41 bits per heavy atom. The van der Waals surface area contributed by atoms with Crippen LogP contribution in [0.25, 0.3) is 0 Å². The SMILES string of the molecule is COc1ccc(NC(=O)COC(=O)C(=O)c2c(C)nn(C)c2C)c(OC)c1. The Hall–Kier alpha value is -3.36. The Morgan fingerprint density at radius 1 is 1.15 bits per heavy atom. The molecule has 0 aliphatic heterocycles. The van der Waals surface area contributed by atoms with Gasteiger partial charge >= 0.3 is 5.97 Å². The number of nitrogens with zero attached hydrogens (tertiary/aromatic N) is 2. The Balaban J connectivity index is 1.99.